The first-order valence-electron chi connectivity index (χ1n) is 14.2. The molecule has 33 heavy (non-hydrogen) atoms. The second-order valence-electron chi connectivity index (χ2n) is 9.60. The predicted molar refractivity (Wildman–Crippen MR) is 143 cm³/mol. The number of allylic oxidation sites excluding steroid dienone is 4. The predicted octanol–water partition coefficient (Wildman–Crippen LogP) is 9.60. The number of aliphatic carboxylic acids is 1. The van der Waals surface area contributed by atoms with E-state index in [1.54, 1.807) is 0 Å². The summed E-state index contributed by atoms with van der Waals surface area (Å²) in [7, 11) is 0. The Bertz CT molecular complexity index is 507. The fourth-order valence-corrected chi connectivity index (χ4v) is 4.19. The molecule has 0 saturated heterocycles. The van der Waals surface area contributed by atoms with Gasteiger partial charge in [-0.05, 0) is 44.9 Å². The summed E-state index contributed by atoms with van der Waals surface area (Å²) in [6, 6.07) is 0. The molecule has 0 rings (SSSR count). The van der Waals surface area contributed by atoms with Crippen LogP contribution in [-0.4, -0.2) is 16.9 Å². The van der Waals surface area contributed by atoms with Crippen LogP contribution in [0.4, 0.5) is 0 Å². The summed E-state index contributed by atoms with van der Waals surface area (Å²) in [4.78, 5) is 23.9. The summed E-state index contributed by atoms with van der Waals surface area (Å²) in [6.07, 6.45) is 32.1. The third kappa shape index (κ3) is 22.2. The van der Waals surface area contributed by atoms with Gasteiger partial charge in [-0.2, -0.15) is 0 Å². The average molecular weight is 463 g/mol. The Labute approximate surface area is 205 Å². The van der Waals surface area contributed by atoms with E-state index in [4.69, 9.17) is 0 Å². The number of unbranched alkanes of at least 4 members (excludes halogenated alkanes) is 15. The maximum atomic E-state index is 12.4. The molecule has 0 saturated carbocycles. The minimum absolute atomic E-state index is 0.0591. The van der Waals surface area contributed by atoms with Gasteiger partial charge in [0.1, 0.15) is 11.7 Å². The summed E-state index contributed by atoms with van der Waals surface area (Å²) in [6.45, 7) is 4.46. The van der Waals surface area contributed by atoms with E-state index >= 15 is 0 Å². The van der Waals surface area contributed by atoms with Crippen molar-refractivity contribution in [1.29, 1.82) is 0 Å². The second kappa shape index (κ2) is 25.2. The topological polar surface area (TPSA) is 54.4 Å². The van der Waals surface area contributed by atoms with E-state index in [-0.39, 0.29) is 5.78 Å². The Hall–Kier alpha value is -1.38. The molecule has 0 aliphatic heterocycles. The third-order valence-electron chi connectivity index (χ3n) is 6.41. The van der Waals surface area contributed by atoms with Gasteiger partial charge in [0.2, 0.25) is 0 Å². The number of rotatable bonds is 25. The molecule has 1 atom stereocenters. The Morgan fingerprint density at radius 3 is 1.64 bits per heavy atom. The molecule has 1 unspecified atom stereocenters. The number of carboxylic acid groups (broad SMARTS) is 1. The molecule has 1 N–H and O–H groups in total. The van der Waals surface area contributed by atoms with Crippen molar-refractivity contribution in [3.8, 4) is 0 Å². The number of ketones is 1. The zero-order chi connectivity index (χ0) is 24.4. The molecule has 0 fully saturated rings. The largest absolute Gasteiger partial charge is 0.481 e. The van der Waals surface area contributed by atoms with Crippen molar-refractivity contribution in [2.45, 2.75) is 149 Å². The number of hydrogen-bond donors (Lipinski definition) is 1. The lowest BCUT2D eigenvalue weighted by atomic mass is 9.93. The van der Waals surface area contributed by atoms with Gasteiger partial charge in [-0.15, -0.1) is 0 Å². The van der Waals surface area contributed by atoms with Crippen LogP contribution in [0.1, 0.15) is 149 Å². The van der Waals surface area contributed by atoms with Crippen molar-refractivity contribution in [3.63, 3.8) is 0 Å². The molecular formula is C30H54O3. The molecule has 3 nitrogen and oxygen atoms in total. The van der Waals surface area contributed by atoms with Crippen LogP contribution in [-0.2, 0) is 9.59 Å². The van der Waals surface area contributed by atoms with Crippen molar-refractivity contribution in [1.82, 2.24) is 0 Å². The molecule has 0 heterocycles. The van der Waals surface area contributed by atoms with E-state index in [1.807, 2.05) is 0 Å². The summed E-state index contributed by atoms with van der Waals surface area (Å²) in [5, 5.41) is 9.46. The lowest BCUT2D eigenvalue weighted by molar-refractivity contribution is -0.146. The van der Waals surface area contributed by atoms with E-state index in [0.717, 1.165) is 51.4 Å². The normalized spacial score (nSPS) is 12.7. The molecule has 0 bridgehead atoms. The van der Waals surface area contributed by atoms with Crippen molar-refractivity contribution in [2.24, 2.45) is 5.92 Å². The Morgan fingerprint density at radius 2 is 1.06 bits per heavy atom. The lowest BCUT2D eigenvalue weighted by Gasteiger charge is -2.11. The summed E-state index contributed by atoms with van der Waals surface area (Å²) in [5.41, 5.74) is 0. The molecule has 0 aromatic rings. The molecule has 3 heteroatoms. The molecule has 0 aromatic heterocycles. The number of carbonyl (C=O) groups excluding carboxylic acids is 1. The van der Waals surface area contributed by atoms with Gasteiger partial charge in [0.15, 0.2) is 0 Å². The van der Waals surface area contributed by atoms with Crippen LogP contribution >= 0.6 is 0 Å². The van der Waals surface area contributed by atoms with Gasteiger partial charge in [-0.1, -0.05) is 122 Å². The highest BCUT2D eigenvalue weighted by Crippen LogP contribution is 2.17. The third-order valence-corrected chi connectivity index (χ3v) is 6.41. The van der Waals surface area contributed by atoms with Crippen LogP contribution in [0.3, 0.4) is 0 Å². The average Bonchev–Trinajstić information content (AvgIpc) is 2.80. The Kier molecular flexibility index (Phi) is 24.2. The SMILES string of the molecule is CCCCC/C=C\C/C=C\CCCCCCC(C(=O)O)C(=O)CCCCCCCCCCC. The number of Topliss-reactive ketones (excluding diaryl/α,β-unsaturated/α-hetero) is 1. The number of hydrogen-bond acceptors (Lipinski definition) is 2. The highest BCUT2D eigenvalue weighted by molar-refractivity contribution is 5.98. The summed E-state index contributed by atoms with van der Waals surface area (Å²) in [5.74, 6) is -1.78. The number of carboxylic acids is 1. The first kappa shape index (κ1) is 31.6. The van der Waals surface area contributed by atoms with Crippen molar-refractivity contribution in [2.75, 3.05) is 0 Å². The lowest BCUT2D eigenvalue weighted by Crippen LogP contribution is -2.23. The molecule has 0 aliphatic rings. The molecule has 0 aromatic carbocycles. The van der Waals surface area contributed by atoms with Crippen LogP contribution in [0.2, 0.25) is 0 Å². The standard InChI is InChI=1S/C30H54O3/c1-3-5-7-9-11-13-14-15-16-17-19-20-22-24-26-28(30(32)33)29(31)27-25-23-21-18-12-10-8-6-4-2/h11,13,15-16,28H,3-10,12,14,17-27H2,1-2H3,(H,32,33)/b13-11-,16-15-. The van der Waals surface area contributed by atoms with Gasteiger partial charge < -0.3 is 5.11 Å². The van der Waals surface area contributed by atoms with Gasteiger partial charge in [0.25, 0.3) is 0 Å². The Morgan fingerprint density at radius 1 is 0.606 bits per heavy atom. The second-order valence-corrected chi connectivity index (χ2v) is 9.60. The van der Waals surface area contributed by atoms with Crippen LogP contribution in [0.5, 0.6) is 0 Å². The molecule has 0 amide bonds. The quantitative estimate of drug-likeness (QED) is 0.0834. The van der Waals surface area contributed by atoms with E-state index in [1.165, 1.54) is 70.6 Å². The van der Waals surface area contributed by atoms with Gasteiger partial charge in [-0.25, -0.2) is 0 Å². The zero-order valence-electron chi connectivity index (χ0n) is 22.0. The van der Waals surface area contributed by atoms with E-state index in [9.17, 15) is 14.7 Å². The smallest absolute Gasteiger partial charge is 0.314 e. The van der Waals surface area contributed by atoms with Gasteiger partial charge in [0.05, 0.1) is 0 Å². The fraction of sp³-hybridized carbons (Fsp3) is 0.800. The van der Waals surface area contributed by atoms with Gasteiger partial charge >= 0.3 is 5.97 Å². The molecule has 0 radical (unpaired) electrons. The van der Waals surface area contributed by atoms with E-state index in [2.05, 4.69) is 38.2 Å². The van der Waals surface area contributed by atoms with Crippen LogP contribution in [0.25, 0.3) is 0 Å². The first-order chi connectivity index (χ1) is 16.1. The Balaban J connectivity index is 3.71. The highest BCUT2D eigenvalue weighted by Gasteiger charge is 2.24. The van der Waals surface area contributed by atoms with E-state index in [0.29, 0.717) is 12.8 Å². The molecule has 192 valence electrons. The van der Waals surface area contributed by atoms with E-state index < -0.39 is 11.9 Å². The van der Waals surface area contributed by atoms with Crippen molar-refractivity contribution < 1.29 is 14.7 Å². The first-order valence-corrected chi connectivity index (χ1v) is 14.2. The molecule has 0 aliphatic carbocycles. The van der Waals surface area contributed by atoms with Crippen LogP contribution in [0, 0.1) is 5.92 Å². The monoisotopic (exact) mass is 462 g/mol. The number of carbonyl (C=O) groups is 2. The zero-order valence-corrected chi connectivity index (χ0v) is 22.0. The summed E-state index contributed by atoms with van der Waals surface area (Å²) >= 11 is 0. The van der Waals surface area contributed by atoms with Gasteiger partial charge in [0, 0.05) is 6.42 Å². The molecular weight excluding hydrogens is 408 g/mol. The maximum Gasteiger partial charge on any atom is 0.314 e. The van der Waals surface area contributed by atoms with Crippen LogP contribution < -0.4 is 0 Å². The minimum Gasteiger partial charge on any atom is -0.481 e. The summed E-state index contributed by atoms with van der Waals surface area (Å²) < 4.78 is 0. The minimum atomic E-state index is -0.929. The molecule has 0 spiro atoms. The highest BCUT2D eigenvalue weighted by atomic mass is 16.4. The van der Waals surface area contributed by atoms with Gasteiger partial charge in [-0.3, -0.25) is 9.59 Å². The van der Waals surface area contributed by atoms with Crippen molar-refractivity contribution in [3.05, 3.63) is 24.3 Å². The van der Waals surface area contributed by atoms with Crippen LogP contribution in [0.15, 0.2) is 24.3 Å². The van der Waals surface area contributed by atoms with Crippen molar-refractivity contribution >= 4 is 11.8 Å². The maximum absolute atomic E-state index is 12.4. The fourth-order valence-electron chi connectivity index (χ4n) is 4.19.